The first-order valence-corrected chi connectivity index (χ1v) is 7.31. The minimum atomic E-state index is -0.334. The van der Waals surface area contributed by atoms with Crippen molar-refractivity contribution >= 4 is 28.5 Å². The van der Waals surface area contributed by atoms with Gasteiger partial charge in [-0.15, -0.1) is 0 Å². The fourth-order valence-corrected chi connectivity index (χ4v) is 2.43. The second-order valence-corrected chi connectivity index (χ2v) is 5.32. The van der Waals surface area contributed by atoms with Crippen LogP contribution in [0.3, 0.4) is 0 Å². The van der Waals surface area contributed by atoms with Gasteiger partial charge in [-0.25, -0.2) is 9.97 Å². The van der Waals surface area contributed by atoms with Crippen molar-refractivity contribution in [2.45, 2.75) is 13.0 Å². The Morgan fingerprint density at radius 2 is 1.59 bits per heavy atom. The first-order valence-electron chi connectivity index (χ1n) is 6.93. The number of carbonyl (C=O) groups is 1. The number of fused-ring (bicyclic) bond motifs is 1. The smallest absolute Gasteiger partial charge is 0.273 e. The zero-order chi connectivity index (χ0) is 15.5. The van der Waals surface area contributed by atoms with E-state index in [4.69, 9.17) is 11.6 Å². The molecule has 1 heterocycles. The van der Waals surface area contributed by atoms with Gasteiger partial charge in [-0.3, -0.25) is 4.79 Å². The van der Waals surface area contributed by atoms with Crippen LogP contribution in [0.1, 0.15) is 29.0 Å². The molecule has 1 atom stereocenters. The van der Waals surface area contributed by atoms with Gasteiger partial charge >= 0.3 is 0 Å². The summed E-state index contributed by atoms with van der Waals surface area (Å²) >= 11 is 6.09. The Kier molecular flexibility index (Phi) is 4.02. The van der Waals surface area contributed by atoms with Gasteiger partial charge in [0.15, 0.2) is 10.8 Å². The maximum absolute atomic E-state index is 12.4. The van der Waals surface area contributed by atoms with Crippen molar-refractivity contribution in [3.8, 4) is 0 Å². The highest BCUT2D eigenvalue weighted by molar-refractivity contribution is 6.32. The number of rotatable bonds is 3. The standard InChI is InChI=1S/C17H14ClN3O/c1-11(12-7-3-2-4-8-12)19-17(22)15-16(18)21-14-10-6-5-9-13(14)20-15/h2-11H,1H3,(H,19,22)/t11-/m1/s1. The molecule has 0 radical (unpaired) electrons. The molecule has 1 aromatic heterocycles. The molecule has 3 rings (SSSR count). The zero-order valence-electron chi connectivity index (χ0n) is 12.0. The summed E-state index contributed by atoms with van der Waals surface area (Å²) in [6.45, 7) is 1.91. The fraction of sp³-hybridized carbons (Fsp3) is 0.118. The number of aromatic nitrogens is 2. The Balaban J connectivity index is 1.87. The SMILES string of the molecule is C[C@@H](NC(=O)c1nc2ccccc2nc1Cl)c1ccccc1. The minimum Gasteiger partial charge on any atom is -0.344 e. The van der Waals surface area contributed by atoms with Crippen molar-refractivity contribution in [2.24, 2.45) is 0 Å². The third-order valence-corrected chi connectivity index (χ3v) is 3.65. The summed E-state index contributed by atoms with van der Waals surface area (Å²) in [5.41, 5.74) is 2.47. The number of para-hydroxylation sites is 2. The van der Waals surface area contributed by atoms with Crippen LogP contribution in [0.25, 0.3) is 11.0 Å². The van der Waals surface area contributed by atoms with Gasteiger partial charge in [0, 0.05) is 0 Å². The maximum Gasteiger partial charge on any atom is 0.273 e. The molecule has 22 heavy (non-hydrogen) atoms. The van der Waals surface area contributed by atoms with Gasteiger partial charge in [0.05, 0.1) is 17.1 Å². The van der Waals surface area contributed by atoms with E-state index in [0.29, 0.717) is 11.0 Å². The van der Waals surface area contributed by atoms with Gasteiger partial charge < -0.3 is 5.32 Å². The number of carbonyl (C=O) groups excluding carboxylic acids is 1. The average molecular weight is 312 g/mol. The van der Waals surface area contributed by atoms with Crippen LogP contribution in [0.2, 0.25) is 5.15 Å². The zero-order valence-corrected chi connectivity index (χ0v) is 12.7. The van der Waals surface area contributed by atoms with Crippen LogP contribution in [0, 0.1) is 0 Å². The molecule has 0 saturated carbocycles. The highest BCUT2D eigenvalue weighted by Gasteiger charge is 2.17. The highest BCUT2D eigenvalue weighted by atomic mass is 35.5. The molecule has 110 valence electrons. The Bertz CT molecular complexity index is 821. The quantitative estimate of drug-likeness (QED) is 0.801. The average Bonchev–Trinajstić information content (AvgIpc) is 2.54. The van der Waals surface area contributed by atoms with Crippen LogP contribution < -0.4 is 5.32 Å². The molecule has 0 saturated heterocycles. The molecular weight excluding hydrogens is 298 g/mol. The molecule has 2 aromatic carbocycles. The normalized spacial score (nSPS) is 12.1. The van der Waals surface area contributed by atoms with E-state index in [1.54, 1.807) is 6.07 Å². The molecule has 0 bridgehead atoms. The van der Waals surface area contributed by atoms with E-state index >= 15 is 0 Å². The number of hydrogen-bond acceptors (Lipinski definition) is 3. The lowest BCUT2D eigenvalue weighted by molar-refractivity contribution is 0.0935. The third-order valence-electron chi connectivity index (χ3n) is 3.39. The molecule has 0 fully saturated rings. The molecule has 0 aliphatic carbocycles. The number of hydrogen-bond donors (Lipinski definition) is 1. The summed E-state index contributed by atoms with van der Waals surface area (Å²) in [6.07, 6.45) is 0. The predicted molar refractivity (Wildman–Crippen MR) is 86.9 cm³/mol. The lowest BCUT2D eigenvalue weighted by atomic mass is 10.1. The van der Waals surface area contributed by atoms with Gasteiger partial charge in [-0.2, -0.15) is 0 Å². The Morgan fingerprint density at radius 1 is 1.00 bits per heavy atom. The second kappa shape index (κ2) is 6.12. The molecule has 1 N–H and O–H groups in total. The first kappa shape index (κ1) is 14.5. The second-order valence-electron chi connectivity index (χ2n) is 4.96. The maximum atomic E-state index is 12.4. The van der Waals surface area contributed by atoms with Gasteiger partial charge in [-0.05, 0) is 24.6 Å². The topological polar surface area (TPSA) is 54.9 Å². The molecule has 5 heteroatoms. The molecule has 1 amide bonds. The summed E-state index contributed by atoms with van der Waals surface area (Å²) in [4.78, 5) is 20.9. The Hall–Kier alpha value is -2.46. The summed E-state index contributed by atoms with van der Waals surface area (Å²) in [5.74, 6) is -0.334. The van der Waals surface area contributed by atoms with Crippen LogP contribution >= 0.6 is 11.6 Å². The van der Waals surface area contributed by atoms with Crippen molar-refractivity contribution in [2.75, 3.05) is 0 Å². The number of amides is 1. The van der Waals surface area contributed by atoms with E-state index < -0.39 is 0 Å². The molecule has 0 unspecified atom stereocenters. The van der Waals surface area contributed by atoms with Gasteiger partial charge in [-0.1, -0.05) is 54.1 Å². The molecular formula is C17H14ClN3O. The van der Waals surface area contributed by atoms with E-state index in [1.807, 2.05) is 55.5 Å². The lowest BCUT2D eigenvalue weighted by Crippen LogP contribution is -2.28. The summed E-state index contributed by atoms with van der Waals surface area (Å²) in [6, 6.07) is 16.9. The summed E-state index contributed by atoms with van der Waals surface area (Å²) in [7, 11) is 0. The number of benzene rings is 2. The van der Waals surface area contributed by atoms with E-state index in [1.165, 1.54) is 0 Å². The summed E-state index contributed by atoms with van der Waals surface area (Å²) in [5, 5.41) is 3.00. The van der Waals surface area contributed by atoms with Crippen molar-refractivity contribution in [3.05, 3.63) is 71.0 Å². The van der Waals surface area contributed by atoms with Crippen molar-refractivity contribution in [1.82, 2.24) is 15.3 Å². The van der Waals surface area contributed by atoms with Crippen molar-refractivity contribution in [1.29, 1.82) is 0 Å². The van der Waals surface area contributed by atoms with Crippen LogP contribution in [0.15, 0.2) is 54.6 Å². The predicted octanol–water partition coefficient (Wildman–Crippen LogP) is 3.77. The number of nitrogens with one attached hydrogen (secondary N) is 1. The fourth-order valence-electron chi connectivity index (χ4n) is 2.21. The lowest BCUT2D eigenvalue weighted by Gasteiger charge is -2.14. The first-order chi connectivity index (χ1) is 10.6. The van der Waals surface area contributed by atoms with Gasteiger partial charge in [0.25, 0.3) is 5.91 Å². The third kappa shape index (κ3) is 2.92. The van der Waals surface area contributed by atoms with Gasteiger partial charge in [0.1, 0.15) is 0 Å². The molecule has 0 aliphatic rings. The van der Waals surface area contributed by atoms with E-state index in [2.05, 4.69) is 15.3 Å². The van der Waals surface area contributed by atoms with E-state index in [9.17, 15) is 4.79 Å². The van der Waals surface area contributed by atoms with E-state index in [-0.39, 0.29) is 22.8 Å². The van der Waals surface area contributed by atoms with Crippen molar-refractivity contribution in [3.63, 3.8) is 0 Å². The monoisotopic (exact) mass is 311 g/mol. The molecule has 0 aliphatic heterocycles. The van der Waals surface area contributed by atoms with Crippen molar-refractivity contribution < 1.29 is 4.79 Å². The van der Waals surface area contributed by atoms with Gasteiger partial charge in [0.2, 0.25) is 0 Å². The Labute approximate surface area is 133 Å². The van der Waals surface area contributed by atoms with Crippen LogP contribution in [0.5, 0.6) is 0 Å². The molecule has 3 aromatic rings. The van der Waals surface area contributed by atoms with E-state index in [0.717, 1.165) is 5.56 Å². The summed E-state index contributed by atoms with van der Waals surface area (Å²) < 4.78 is 0. The molecule has 4 nitrogen and oxygen atoms in total. The van der Waals surface area contributed by atoms with Crippen LogP contribution in [-0.2, 0) is 0 Å². The Morgan fingerprint density at radius 3 is 2.27 bits per heavy atom. The highest BCUT2D eigenvalue weighted by Crippen LogP contribution is 2.18. The van der Waals surface area contributed by atoms with Crippen LogP contribution in [0.4, 0.5) is 0 Å². The number of halogens is 1. The largest absolute Gasteiger partial charge is 0.344 e. The van der Waals surface area contributed by atoms with Crippen LogP contribution in [-0.4, -0.2) is 15.9 Å². The molecule has 0 spiro atoms. The minimum absolute atomic E-state index is 0.108. The number of nitrogens with zero attached hydrogens (tertiary/aromatic N) is 2.